The normalized spacial score (nSPS) is 22.1. The molecule has 1 atom stereocenters. The molecule has 0 aromatic carbocycles. The maximum Gasteiger partial charge on any atom is 0.0831 e. The molecular formula is C9H17O2. The summed E-state index contributed by atoms with van der Waals surface area (Å²) >= 11 is 0. The van der Waals surface area contributed by atoms with E-state index in [2.05, 4.69) is 6.92 Å². The Kier molecular flexibility index (Phi) is 4.55. The first kappa shape index (κ1) is 9.01. The van der Waals surface area contributed by atoms with Gasteiger partial charge in [-0.3, -0.25) is 0 Å². The van der Waals surface area contributed by atoms with Gasteiger partial charge in [0.1, 0.15) is 0 Å². The second-order valence-corrected chi connectivity index (χ2v) is 2.92. The molecule has 0 aliphatic carbocycles. The Labute approximate surface area is 68.9 Å². The summed E-state index contributed by atoms with van der Waals surface area (Å²) in [6.07, 6.45) is 4.94. The van der Waals surface area contributed by atoms with E-state index in [1.54, 1.807) is 0 Å². The van der Waals surface area contributed by atoms with E-state index in [1.807, 2.05) is 0 Å². The predicted molar refractivity (Wildman–Crippen MR) is 44.4 cm³/mol. The lowest BCUT2D eigenvalue weighted by Crippen LogP contribution is -1.99. The van der Waals surface area contributed by atoms with Crippen molar-refractivity contribution in [2.75, 3.05) is 19.8 Å². The second-order valence-electron chi connectivity index (χ2n) is 2.92. The van der Waals surface area contributed by atoms with Crippen LogP contribution in [0.2, 0.25) is 0 Å². The molecule has 0 aromatic heterocycles. The third-order valence-electron chi connectivity index (χ3n) is 1.78. The molecule has 0 aromatic rings. The molecule has 1 unspecified atom stereocenters. The third-order valence-corrected chi connectivity index (χ3v) is 1.78. The van der Waals surface area contributed by atoms with Crippen LogP contribution in [0.15, 0.2) is 0 Å². The maximum absolute atomic E-state index is 5.38. The van der Waals surface area contributed by atoms with E-state index in [4.69, 9.17) is 9.47 Å². The lowest BCUT2D eigenvalue weighted by atomic mass is 10.3. The Morgan fingerprint density at radius 1 is 1.36 bits per heavy atom. The highest BCUT2D eigenvalue weighted by Gasteiger charge is 2.21. The molecule has 0 N–H and O–H groups in total. The van der Waals surface area contributed by atoms with Crippen LogP contribution < -0.4 is 0 Å². The number of hydrogen-bond donors (Lipinski definition) is 0. The summed E-state index contributed by atoms with van der Waals surface area (Å²) in [4.78, 5) is 0. The molecule has 1 saturated heterocycles. The lowest BCUT2D eigenvalue weighted by Gasteiger charge is -2.00. The molecule has 11 heavy (non-hydrogen) atoms. The molecule has 65 valence electrons. The van der Waals surface area contributed by atoms with Crippen molar-refractivity contribution in [3.63, 3.8) is 0 Å². The van der Waals surface area contributed by atoms with E-state index in [-0.39, 0.29) is 0 Å². The standard InChI is InChI=1S/C9H17O2/c1-2-3-4-6-10-7-5-9-8-11-9/h9H,1-8H2. The predicted octanol–water partition coefficient (Wildman–Crippen LogP) is 1.80. The minimum atomic E-state index is 0.517. The first-order valence-electron chi connectivity index (χ1n) is 4.42. The topological polar surface area (TPSA) is 21.8 Å². The van der Waals surface area contributed by atoms with E-state index >= 15 is 0 Å². The van der Waals surface area contributed by atoms with E-state index in [0.29, 0.717) is 6.10 Å². The zero-order valence-electron chi connectivity index (χ0n) is 7.05. The first-order valence-corrected chi connectivity index (χ1v) is 4.42. The van der Waals surface area contributed by atoms with Crippen LogP contribution in [-0.2, 0) is 9.47 Å². The Hall–Kier alpha value is -0.0800. The van der Waals surface area contributed by atoms with Gasteiger partial charge in [0, 0.05) is 13.2 Å². The highest BCUT2D eigenvalue weighted by Crippen LogP contribution is 2.12. The minimum Gasteiger partial charge on any atom is -0.381 e. The summed E-state index contributed by atoms with van der Waals surface area (Å²) in [6.45, 7) is 6.47. The van der Waals surface area contributed by atoms with Crippen LogP contribution in [0, 0.1) is 6.92 Å². The minimum absolute atomic E-state index is 0.517. The van der Waals surface area contributed by atoms with Crippen molar-refractivity contribution in [2.45, 2.75) is 31.8 Å². The van der Waals surface area contributed by atoms with Gasteiger partial charge < -0.3 is 9.47 Å². The Balaban J connectivity index is 1.66. The van der Waals surface area contributed by atoms with Crippen LogP contribution in [-0.4, -0.2) is 25.9 Å². The van der Waals surface area contributed by atoms with Gasteiger partial charge in [-0.15, -0.1) is 0 Å². The average Bonchev–Trinajstić information content (AvgIpc) is 2.80. The summed E-state index contributed by atoms with van der Waals surface area (Å²) in [5.74, 6) is 0. The van der Waals surface area contributed by atoms with Crippen LogP contribution in [0.5, 0.6) is 0 Å². The van der Waals surface area contributed by atoms with Crippen molar-refractivity contribution in [1.82, 2.24) is 0 Å². The Bertz CT molecular complexity index is 89.6. The van der Waals surface area contributed by atoms with Gasteiger partial charge in [-0.2, -0.15) is 0 Å². The van der Waals surface area contributed by atoms with Crippen LogP contribution in [0.25, 0.3) is 0 Å². The molecule has 1 aliphatic rings. The Morgan fingerprint density at radius 2 is 2.18 bits per heavy atom. The largest absolute Gasteiger partial charge is 0.381 e. The Morgan fingerprint density at radius 3 is 2.82 bits per heavy atom. The van der Waals surface area contributed by atoms with Gasteiger partial charge in [0.15, 0.2) is 0 Å². The molecule has 1 rings (SSSR count). The second kappa shape index (κ2) is 5.56. The fraction of sp³-hybridized carbons (Fsp3) is 0.889. The zero-order valence-corrected chi connectivity index (χ0v) is 7.05. The molecule has 0 amide bonds. The number of ether oxygens (including phenoxy) is 2. The summed E-state index contributed by atoms with van der Waals surface area (Å²) in [7, 11) is 0. The summed E-state index contributed by atoms with van der Waals surface area (Å²) in [6, 6.07) is 0. The fourth-order valence-corrected chi connectivity index (χ4v) is 0.932. The highest BCUT2D eigenvalue weighted by molar-refractivity contribution is 4.67. The summed E-state index contributed by atoms with van der Waals surface area (Å²) < 4.78 is 10.4. The van der Waals surface area contributed by atoms with E-state index in [1.165, 1.54) is 6.42 Å². The molecule has 0 saturated carbocycles. The van der Waals surface area contributed by atoms with Gasteiger partial charge in [0.25, 0.3) is 0 Å². The summed E-state index contributed by atoms with van der Waals surface area (Å²) in [5.41, 5.74) is 0. The number of hydrogen-bond acceptors (Lipinski definition) is 2. The molecule has 0 bridgehead atoms. The smallest absolute Gasteiger partial charge is 0.0831 e. The SMILES string of the molecule is [CH2]CCCCOCCC1CO1. The van der Waals surface area contributed by atoms with Crippen molar-refractivity contribution in [2.24, 2.45) is 0 Å². The van der Waals surface area contributed by atoms with E-state index in [0.717, 1.165) is 39.1 Å². The molecule has 1 radical (unpaired) electrons. The molecule has 1 heterocycles. The zero-order chi connectivity index (χ0) is 7.94. The van der Waals surface area contributed by atoms with E-state index < -0.39 is 0 Å². The van der Waals surface area contributed by atoms with Crippen molar-refractivity contribution in [3.05, 3.63) is 6.92 Å². The van der Waals surface area contributed by atoms with Gasteiger partial charge in [-0.05, 0) is 12.8 Å². The van der Waals surface area contributed by atoms with Gasteiger partial charge in [0.2, 0.25) is 0 Å². The van der Waals surface area contributed by atoms with Crippen LogP contribution >= 0.6 is 0 Å². The van der Waals surface area contributed by atoms with Crippen molar-refractivity contribution < 1.29 is 9.47 Å². The molecule has 1 fully saturated rings. The van der Waals surface area contributed by atoms with Crippen molar-refractivity contribution >= 4 is 0 Å². The van der Waals surface area contributed by atoms with Crippen LogP contribution in [0.4, 0.5) is 0 Å². The summed E-state index contributed by atoms with van der Waals surface area (Å²) in [5, 5.41) is 0. The molecule has 2 nitrogen and oxygen atoms in total. The van der Waals surface area contributed by atoms with Gasteiger partial charge >= 0.3 is 0 Å². The quantitative estimate of drug-likeness (QED) is 0.415. The fourth-order valence-electron chi connectivity index (χ4n) is 0.932. The van der Waals surface area contributed by atoms with Crippen molar-refractivity contribution in [3.8, 4) is 0 Å². The lowest BCUT2D eigenvalue weighted by molar-refractivity contribution is 0.122. The van der Waals surface area contributed by atoms with Crippen LogP contribution in [0.3, 0.4) is 0 Å². The molecule has 0 spiro atoms. The van der Waals surface area contributed by atoms with Gasteiger partial charge in [0.05, 0.1) is 12.7 Å². The van der Waals surface area contributed by atoms with Crippen LogP contribution in [0.1, 0.15) is 25.7 Å². The van der Waals surface area contributed by atoms with Crippen molar-refractivity contribution in [1.29, 1.82) is 0 Å². The number of epoxide rings is 1. The third kappa shape index (κ3) is 5.22. The average molecular weight is 157 g/mol. The molecular weight excluding hydrogens is 140 g/mol. The first-order chi connectivity index (χ1) is 5.43. The number of unbranched alkanes of at least 4 members (excludes halogenated alkanes) is 2. The maximum atomic E-state index is 5.38. The van der Waals surface area contributed by atoms with Gasteiger partial charge in [-0.25, -0.2) is 0 Å². The molecule has 1 aliphatic heterocycles. The van der Waals surface area contributed by atoms with Gasteiger partial charge in [-0.1, -0.05) is 19.8 Å². The highest BCUT2D eigenvalue weighted by atomic mass is 16.6. The monoisotopic (exact) mass is 157 g/mol. The van der Waals surface area contributed by atoms with E-state index in [9.17, 15) is 0 Å². The number of rotatable bonds is 7. The molecule has 2 heteroatoms.